The van der Waals surface area contributed by atoms with Crippen LogP contribution in [0.25, 0.3) is 11.0 Å². The molecule has 5 rings (SSSR count). The Labute approximate surface area is 212 Å². The first-order valence-corrected chi connectivity index (χ1v) is 13.2. The summed E-state index contributed by atoms with van der Waals surface area (Å²) in [6, 6.07) is 10.2. The minimum atomic E-state index is -0.00182. The molecule has 0 bridgehead atoms. The molecule has 1 saturated heterocycles. The number of aryl methyl sites for hydroxylation is 1. The van der Waals surface area contributed by atoms with Gasteiger partial charge in [0.25, 0.3) is 0 Å². The number of anilines is 2. The molecule has 192 valence electrons. The summed E-state index contributed by atoms with van der Waals surface area (Å²) in [4.78, 5) is 32.7. The number of ether oxygens (including phenoxy) is 1. The Morgan fingerprint density at radius 2 is 1.83 bits per heavy atom. The number of pyridine rings is 1. The van der Waals surface area contributed by atoms with E-state index in [-0.39, 0.29) is 17.5 Å². The molecule has 0 atom stereocenters. The van der Waals surface area contributed by atoms with Gasteiger partial charge in [0.15, 0.2) is 0 Å². The molecule has 0 spiro atoms. The molecular formula is C28H37N5O3. The number of morpholine rings is 1. The van der Waals surface area contributed by atoms with E-state index in [1.165, 1.54) is 5.56 Å². The second-order valence-electron chi connectivity index (χ2n) is 10.6. The van der Waals surface area contributed by atoms with E-state index >= 15 is 0 Å². The van der Waals surface area contributed by atoms with Crippen LogP contribution in [-0.2, 0) is 23.1 Å². The van der Waals surface area contributed by atoms with Gasteiger partial charge in [0, 0.05) is 50.6 Å². The Morgan fingerprint density at radius 3 is 2.56 bits per heavy atom. The third-order valence-corrected chi connectivity index (χ3v) is 7.84. The molecule has 1 aromatic carbocycles. The van der Waals surface area contributed by atoms with Crippen LogP contribution in [0.5, 0.6) is 0 Å². The average molecular weight is 492 g/mol. The van der Waals surface area contributed by atoms with Crippen molar-refractivity contribution in [1.29, 1.82) is 0 Å². The van der Waals surface area contributed by atoms with Gasteiger partial charge in [-0.2, -0.15) is 0 Å². The van der Waals surface area contributed by atoms with Crippen molar-refractivity contribution in [2.45, 2.75) is 52.0 Å². The van der Waals surface area contributed by atoms with Gasteiger partial charge in [-0.1, -0.05) is 19.9 Å². The van der Waals surface area contributed by atoms with Gasteiger partial charge in [0.05, 0.1) is 24.2 Å². The maximum Gasteiger partial charge on any atom is 0.328 e. The summed E-state index contributed by atoms with van der Waals surface area (Å²) in [5.41, 5.74) is 4.07. The average Bonchev–Trinajstić information content (AvgIpc) is 3.14. The lowest BCUT2D eigenvalue weighted by atomic mass is 9.81. The summed E-state index contributed by atoms with van der Waals surface area (Å²) < 4.78 is 9.11. The first-order chi connectivity index (χ1) is 17.4. The van der Waals surface area contributed by atoms with E-state index < -0.39 is 0 Å². The zero-order valence-electron chi connectivity index (χ0n) is 21.6. The molecule has 1 saturated carbocycles. The zero-order valence-corrected chi connectivity index (χ0v) is 21.6. The molecule has 8 heteroatoms. The van der Waals surface area contributed by atoms with E-state index in [0.29, 0.717) is 31.6 Å². The fourth-order valence-electron chi connectivity index (χ4n) is 5.53. The Kier molecular flexibility index (Phi) is 7.14. The number of amides is 1. The van der Waals surface area contributed by atoms with Crippen molar-refractivity contribution < 1.29 is 9.53 Å². The quantitative estimate of drug-likeness (QED) is 0.561. The van der Waals surface area contributed by atoms with Crippen LogP contribution in [0.3, 0.4) is 0 Å². The van der Waals surface area contributed by atoms with E-state index in [0.717, 1.165) is 61.3 Å². The van der Waals surface area contributed by atoms with Crippen LogP contribution in [0.4, 0.5) is 11.5 Å². The predicted molar refractivity (Wildman–Crippen MR) is 143 cm³/mol. The molecule has 0 unspecified atom stereocenters. The summed E-state index contributed by atoms with van der Waals surface area (Å²) in [6.07, 6.45) is 5.33. The number of nitrogens with one attached hydrogen (secondary N) is 1. The summed E-state index contributed by atoms with van der Waals surface area (Å²) in [6.45, 7) is 8.08. The summed E-state index contributed by atoms with van der Waals surface area (Å²) >= 11 is 0. The first-order valence-electron chi connectivity index (χ1n) is 13.2. The van der Waals surface area contributed by atoms with Crippen molar-refractivity contribution in [3.63, 3.8) is 0 Å². The molecule has 2 fully saturated rings. The second kappa shape index (κ2) is 10.5. The molecule has 1 N–H and O–H groups in total. The van der Waals surface area contributed by atoms with Crippen LogP contribution < -0.4 is 15.9 Å². The maximum absolute atomic E-state index is 13.0. The van der Waals surface area contributed by atoms with Gasteiger partial charge in [-0.15, -0.1) is 0 Å². The van der Waals surface area contributed by atoms with Crippen LogP contribution >= 0.6 is 0 Å². The predicted octanol–water partition coefficient (Wildman–Crippen LogP) is 4.14. The Balaban J connectivity index is 1.21. The van der Waals surface area contributed by atoms with Gasteiger partial charge in [0.1, 0.15) is 5.82 Å². The minimum Gasteiger partial charge on any atom is -0.378 e. The highest BCUT2D eigenvalue weighted by Crippen LogP contribution is 2.32. The first kappa shape index (κ1) is 24.6. The fourth-order valence-corrected chi connectivity index (χ4v) is 5.53. The number of carbonyl (C=O) groups is 1. The van der Waals surface area contributed by atoms with Crippen molar-refractivity contribution in [3.8, 4) is 0 Å². The minimum absolute atomic E-state index is 0.00182. The Bertz CT molecular complexity index is 1280. The number of fused-ring (bicyclic) bond motifs is 1. The highest BCUT2D eigenvalue weighted by Gasteiger charge is 2.28. The number of benzene rings is 1. The highest BCUT2D eigenvalue weighted by molar-refractivity contribution is 5.92. The molecule has 1 aliphatic carbocycles. The zero-order chi connectivity index (χ0) is 25.2. The number of carbonyl (C=O) groups excluding carboxylic acids is 1. The van der Waals surface area contributed by atoms with E-state index in [9.17, 15) is 9.59 Å². The fraction of sp³-hybridized carbons (Fsp3) is 0.536. The standard InChI is InChI=1S/C28H37N5O3/c1-19(2)22-8-9-24-25(16-22)33(28(35)31(24)3)18-20-4-6-21(7-5-20)27(34)30-23-10-11-29-26(17-23)32-12-14-36-15-13-32/h8-11,16-17,19-21H,4-7,12-15,18H2,1-3H3,(H,29,30,34). The van der Waals surface area contributed by atoms with Crippen LogP contribution in [0.2, 0.25) is 0 Å². The third-order valence-electron chi connectivity index (χ3n) is 7.84. The SMILES string of the molecule is CC(C)c1ccc2c(c1)n(CC1CCC(C(=O)Nc3ccnc(N4CCOCC4)c3)CC1)c(=O)n2C. The van der Waals surface area contributed by atoms with Crippen LogP contribution in [0, 0.1) is 11.8 Å². The normalized spacial score (nSPS) is 20.7. The van der Waals surface area contributed by atoms with Crippen molar-refractivity contribution in [2.75, 3.05) is 36.5 Å². The lowest BCUT2D eigenvalue weighted by molar-refractivity contribution is -0.121. The molecule has 8 nitrogen and oxygen atoms in total. The summed E-state index contributed by atoms with van der Waals surface area (Å²) in [5, 5.41) is 3.11. The number of nitrogens with zero attached hydrogens (tertiary/aromatic N) is 4. The molecule has 3 aromatic rings. The van der Waals surface area contributed by atoms with Crippen LogP contribution in [-0.4, -0.2) is 46.3 Å². The van der Waals surface area contributed by atoms with E-state index in [1.807, 2.05) is 23.7 Å². The van der Waals surface area contributed by atoms with Crippen molar-refractivity contribution in [1.82, 2.24) is 14.1 Å². The van der Waals surface area contributed by atoms with Gasteiger partial charge in [-0.05, 0) is 61.3 Å². The third kappa shape index (κ3) is 5.05. The number of hydrogen-bond donors (Lipinski definition) is 1. The lowest BCUT2D eigenvalue weighted by Gasteiger charge is -2.29. The summed E-state index contributed by atoms with van der Waals surface area (Å²) in [5.74, 6) is 1.77. The number of hydrogen-bond acceptors (Lipinski definition) is 5. The molecule has 1 aliphatic heterocycles. The van der Waals surface area contributed by atoms with Gasteiger partial charge in [0.2, 0.25) is 5.91 Å². The monoisotopic (exact) mass is 491 g/mol. The van der Waals surface area contributed by atoms with Crippen LogP contribution in [0.1, 0.15) is 51.0 Å². The smallest absolute Gasteiger partial charge is 0.328 e. The molecule has 2 aromatic heterocycles. The van der Waals surface area contributed by atoms with Gasteiger partial charge < -0.3 is 15.0 Å². The lowest BCUT2D eigenvalue weighted by Crippen LogP contribution is -2.36. The largest absolute Gasteiger partial charge is 0.378 e. The number of rotatable bonds is 6. The van der Waals surface area contributed by atoms with Crippen molar-refractivity contribution in [2.24, 2.45) is 18.9 Å². The van der Waals surface area contributed by atoms with Gasteiger partial charge in [-0.25, -0.2) is 9.78 Å². The topological polar surface area (TPSA) is 81.4 Å². The van der Waals surface area contributed by atoms with E-state index in [2.05, 4.69) is 47.2 Å². The molecule has 1 amide bonds. The molecule has 36 heavy (non-hydrogen) atoms. The number of aromatic nitrogens is 3. The molecule has 3 heterocycles. The van der Waals surface area contributed by atoms with E-state index in [4.69, 9.17) is 4.74 Å². The Morgan fingerprint density at radius 1 is 1.08 bits per heavy atom. The Hall–Kier alpha value is -3.13. The second-order valence-corrected chi connectivity index (χ2v) is 10.6. The maximum atomic E-state index is 13.0. The van der Waals surface area contributed by atoms with Crippen LogP contribution in [0.15, 0.2) is 41.3 Å². The van der Waals surface area contributed by atoms with Gasteiger partial charge >= 0.3 is 5.69 Å². The summed E-state index contributed by atoms with van der Waals surface area (Å²) in [7, 11) is 1.85. The number of imidazole rings is 1. The molecule has 0 radical (unpaired) electrons. The van der Waals surface area contributed by atoms with Gasteiger partial charge in [-0.3, -0.25) is 13.9 Å². The van der Waals surface area contributed by atoms with Crippen molar-refractivity contribution in [3.05, 3.63) is 52.6 Å². The highest BCUT2D eigenvalue weighted by atomic mass is 16.5. The molecule has 2 aliphatic rings. The van der Waals surface area contributed by atoms with Crippen molar-refractivity contribution >= 4 is 28.4 Å². The van der Waals surface area contributed by atoms with E-state index in [1.54, 1.807) is 10.8 Å². The molecular weight excluding hydrogens is 454 g/mol.